The van der Waals surface area contributed by atoms with Gasteiger partial charge in [0.25, 0.3) is 0 Å². The molecule has 0 saturated carbocycles. The van der Waals surface area contributed by atoms with Crippen LogP contribution in [0, 0.1) is 0 Å². The number of phenolic OH excluding ortho intramolecular Hbond substituents is 1. The Morgan fingerprint density at radius 3 is 2.29 bits per heavy atom. The Hall–Kier alpha value is -0.440. The fraction of sp³-hybridized carbons (Fsp3) is 0.400. The minimum Gasteiger partial charge on any atom is -0.505 e. The van der Waals surface area contributed by atoms with Gasteiger partial charge < -0.3 is 10.8 Å². The fourth-order valence-corrected chi connectivity index (χ4v) is 1.78. The van der Waals surface area contributed by atoms with Gasteiger partial charge in [-0.3, -0.25) is 0 Å². The van der Waals surface area contributed by atoms with Crippen LogP contribution >= 0.6 is 23.2 Å². The van der Waals surface area contributed by atoms with E-state index in [1.54, 1.807) is 12.1 Å². The van der Waals surface area contributed by atoms with E-state index < -0.39 is 0 Å². The maximum Gasteiger partial charge on any atom is 0.152 e. The van der Waals surface area contributed by atoms with Gasteiger partial charge in [-0.05, 0) is 24.1 Å². The summed E-state index contributed by atoms with van der Waals surface area (Å²) in [5.41, 5.74) is 6.76. The molecule has 1 unspecified atom stereocenters. The summed E-state index contributed by atoms with van der Waals surface area (Å²) in [5, 5.41) is 9.84. The van der Waals surface area contributed by atoms with Gasteiger partial charge in [-0.2, -0.15) is 0 Å². The Morgan fingerprint density at radius 2 is 1.86 bits per heavy atom. The van der Waals surface area contributed by atoms with Crippen LogP contribution in [-0.2, 0) is 0 Å². The third-order valence-corrected chi connectivity index (χ3v) is 2.64. The lowest BCUT2D eigenvalue weighted by molar-refractivity contribution is 0.475. The minimum atomic E-state index is -0.0826. The van der Waals surface area contributed by atoms with Gasteiger partial charge >= 0.3 is 0 Å². The van der Waals surface area contributed by atoms with Gasteiger partial charge in [0.1, 0.15) is 0 Å². The molecule has 1 aromatic rings. The van der Waals surface area contributed by atoms with Gasteiger partial charge in [0.2, 0.25) is 0 Å². The molecule has 3 N–H and O–H groups in total. The fourth-order valence-electron chi connectivity index (χ4n) is 1.28. The molecule has 0 aliphatic carbocycles. The van der Waals surface area contributed by atoms with E-state index in [0.717, 1.165) is 18.4 Å². The molecule has 0 bridgehead atoms. The van der Waals surface area contributed by atoms with Crippen molar-refractivity contribution in [3.63, 3.8) is 0 Å². The number of hydrogen-bond donors (Lipinski definition) is 2. The third kappa shape index (κ3) is 2.53. The molecular formula is C10H13Cl2NO. The molecule has 0 aliphatic heterocycles. The first-order valence-electron chi connectivity index (χ1n) is 4.49. The van der Waals surface area contributed by atoms with Crippen LogP contribution in [0.5, 0.6) is 5.75 Å². The monoisotopic (exact) mass is 233 g/mol. The summed E-state index contributed by atoms with van der Waals surface area (Å²) in [5.74, 6) is -0.0826. The van der Waals surface area contributed by atoms with E-state index in [-0.39, 0.29) is 21.8 Å². The summed E-state index contributed by atoms with van der Waals surface area (Å²) < 4.78 is 0. The van der Waals surface area contributed by atoms with E-state index in [2.05, 4.69) is 6.92 Å². The van der Waals surface area contributed by atoms with E-state index in [1.807, 2.05) is 0 Å². The molecule has 0 aliphatic rings. The molecule has 0 radical (unpaired) electrons. The first-order chi connectivity index (χ1) is 6.56. The second kappa shape index (κ2) is 4.87. The molecule has 2 nitrogen and oxygen atoms in total. The highest BCUT2D eigenvalue weighted by Crippen LogP contribution is 2.34. The highest BCUT2D eigenvalue weighted by atomic mass is 35.5. The predicted molar refractivity (Wildman–Crippen MR) is 60.0 cm³/mol. The summed E-state index contributed by atoms with van der Waals surface area (Å²) in [6, 6.07) is 3.24. The number of hydrogen-bond acceptors (Lipinski definition) is 2. The number of benzene rings is 1. The number of halogens is 2. The third-order valence-electron chi connectivity index (χ3n) is 2.07. The van der Waals surface area contributed by atoms with E-state index in [9.17, 15) is 5.11 Å². The first kappa shape index (κ1) is 11.6. The standard InChI is InChI=1S/C10H13Cl2NO/c1-2-3-9(13)6-4-7(11)10(14)8(12)5-6/h4-5,9,14H,2-3,13H2,1H3. The predicted octanol–water partition coefficient (Wildman–Crippen LogP) is 3.50. The summed E-state index contributed by atoms with van der Waals surface area (Å²) in [6.45, 7) is 2.06. The van der Waals surface area contributed by atoms with Crippen LogP contribution in [0.15, 0.2) is 12.1 Å². The van der Waals surface area contributed by atoms with Gasteiger partial charge in [-0.15, -0.1) is 0 Å². The number of nitrogens with two attached hydrogens (primary N) is 1. The van der Waals surface area contributed by atoms with Crippen LogP contribution in [0.2, 0.25) is 10.0 Å². The molecule has 0 fully saturated rings. The first-order valence-corrected chi connectivity index (χ1v) is 5.25. The zero-order valence-corrected chi connectivity index (χ0v) is 9.44. The second-order valence-electron chi connectivity index (χ2n) is 3.23. The molecule has 0 saturated heterocycles. The van der Waals surface area contributed by atoms with Crippen molar-refractivity contribution in [3.05, 3.63) is 27.7 Å². The Kier molecular flexibility index (Phi) is 4.05. The maximum atomic E-state index is 9.34. The van der Waals surface area contributed by atoms with Crippen molar-refractivity contribution in [2.45, 2.75) is 25.8 Å². The molecule has 0 heterocycles. The van der Waals surface area contributed by atoms with E-state index in [1.165, 1.54) is 0 Å². The molecule has 4 heteroatoms. The van der Waals surface area contributed by atoms with Crippen LogP contribution in [0.1, 0.15) is 31.4 Å². The average Bonchev–Trinajstić information content (AvgIpc) is 2.13. The lowest BCUT2D eigenvalue weighted by atomic mass is 10.0. The highest BCUT2D eigenvalue weighted by molar-refractivity contribution is 6.37. The largest absolute Gasteiger partial charge is 0.505 e. The van der Waals surface area contributed by atoms with Crippen molar-refractivity contribution >= 4 is 23.2 Å². The van der Waals surface area contributed by atoms with Gasteiger partial charge in [-0.25, -0.2) is 0 Å². The maximum absolute atomic E-state index is 9.34. The quantitative estimate of drug-likeness (QED) is 0.840. The van der Waals surface area contributed by atoms with E-state index in [0.29, 0.717) is 0 Å². The van der Waals surface area contributed by atoms with Gasteiger partial charge in [0, 0.05) is 6.04 Å². The Bertz CT molecular complexity index is 305. The van der Waals surface area contributed by atoms with Crippen LogP contribution in [0.4, 0.5) is 0 Å². The van der Waals surface area contributed by atoms with Crippen LogP contribution < -0.4 is 5.73 Å². The van der Waals surface area contributed by atoms with Crippen LogP contribution in [0.25, 0.3) is 0 Å². The Labute approximate surface area is 93.6 Å². The minimum absolute atomic E-state index is 0.0735. The number of phenols is 1. The Morgan fingerprint density at radius 1 is 1.36 bits per heavy atom. The summed E-state index contributed by atoms with van der Waals surface area (Å²) in [7, 11) is 0. The molecule has 1 aromatic carbocycles. The van der Waals surface area contributed by atoms with Crippen molar-refractivity contribution in [1.29, 1.82) is 0 Å². The zero-order valence-electron chi connectivity index (χ0n) is 7.93. The summed E-state index contributed by atoms with van der Waals surface area (Å²) in [4.78, 5) is 0. The van der Waals surface area contributed by atoms with Crippen molar-refractivity contribution in [1.82, 2.24) is 0 Å². The molecule has 0 aromatic heterocycles. The van der Waals surface area contributed by atoms with E-state index >= 15 is 0 Å². The molecule has 78 valence electrons. The van der Waals surface area contributed by atoms with Gasteiger partial charge in [-0.1, -0.05) is 36.5 Å². The lowest BCUT2D eigenvalue weighted by Gasteiger charge is -2.12. The molecule has 1 atom stereocenters. The van der Waals surface area contributed by atoms with Crippen molar-refractivity contribution in [3.8, 4) is 5.75 Å². The molecule has 0 amide bonds. The summed E-state index contributed by atoms with van der Waals surface area (Å²) >= 11 is 11.5. The molecular weight excluding hydrogens is 221 g/mol. The van der Waals surface area contributed by atoms with Crippen molar-refractivity contribution in [2.24, 2.45) is 5.73 Å². The highest BCUT2D eigenvalue weighted by Gasteiger charge is 2.11. The zero-order chi connectivity index (χ0) is 10.7. The molecule has 1 rings (SSSR count). The van der Waals surface area contributed by atoms with E-state index in [4.69, 9.17) is 28.9 Å². The van der Waals surface area contributed by atoms with Gasteiger partial charge in [0.05, 0.1) is 10.0 Å². The average molecular weight is 234 g/mol. The van der Waals surface area contributed by atoms with Crippen LogP contribution in [-0.4, -0.2) is 5.11 Å². The van der Waals surface area contributed by atoms with Crippen molar-refractivity contribution < 1.29 is 5.11 Å². The topological polar surface area (TPSA) is 46.2 Å². The summed E-state index contributed by atoms with van der Waals surface area (Å²) in [6.07, 6.45) is 1.87. The SMILES string of the molecule is CCCC(N)c1cc(Cl)c(O)c(Cl)c1. The molecule has 14 heavy (non-hydrogen) atoms. The smallest absolute Gasteiger partial charge is 0.152 e. The number of rotatable bonds is 3. The Balaban J connectivity index is 3.00. The van der Waals surface area contributed by atoms with Crippen LogP contribution in [0.3, 0.4) is 0 Å². The van der Waals surface area contributed by atoms with Crippen molar-refractivity contribution in [2.75, 3.05) is 0 Å². The van der Waals surface area contributed by atoms with Gasteiger partial charge in [0.15, 0.2) is 5.75 Å². The lowest BCUT2D eigenvalue weighted by Crippen LogP contribution is -2.09. The molecule has 0 spiro atoms. The normalized spacial score (nSPS) is 12.9. The second-order valence-corrected chi connectivity index (χ2v) is 4.04. The number of aromatic hydroxyl groups is 1.